The van der Waals surface area contributed by atoms with Gasteiger partial charge in [-0.25, -0.2) is 17.9 Å². The zero-order chi connectivity index (χ0) is 21.7. The van der Waals surface area contributed by atoms with Crippen LogP contribution in [-0.2, 0) is 14.8 Å². The molecule has 8 heteroatoms. The van der Waals surface area contributed by atoms with Crippen LogP contribution < -0.4 is 4.72 Å². The maximum atomic E-state index is 12.8. The van der Waals surface area contributed by atoms with Gasteiger partial charge in [0.2, 0.25) is 10.0 Å². The Bertz CT molecular complexity index is 938. The average molecular weight is 422 g/mol. The summed E-state index contributed by atoms with van der Waals surface area (Å²) in [7, 11) is -3.73. The van der Waals surface area contributed by atoms with Gasteiger partial charge in [-0.05, 0) is 57.7 Å². The number of amides is 1. The highest BCUT2D eigenvalue weighted by Gasteiger charge is 2.25. The minimum atomic E-state index is -3.73. The fraction of sp³-hybridized carbons (Fsp3) is 0.524. The third-order valence-corrected chi connectivity index (χ3v) is 5.79. The van der Waals surface area contributed by atoms with E-state index in [1.54, 1.807) is 48.5 Å². The summed E-state index contributed by atoms with van der Waals surface area (Å²) in [6.45, 7) is 9.95. The molecule has 1 aromatic heterocycles. The van der Waals surface area contributed by atoms with Gasteiger partial charge in [0.05, 0.1) is 4.90 Å². The molecular weight excluding hydrogens is 390 g/mol. The van der Waals surface area contributed by atoms with E-state index < -0.39 is 27.8 Å². The van der Waals surface area contributed by atoms with Crippen molar-refractivity contribution in [1.29, 1.82) is 0 Å². The molecule has 2 aromatic rings. The van der Waals surface area contributed by atoms with E-state index in [9.17, 15) is 13.2 Å². The van der Waals surface area contributed by atoms with Gasteiger partial charge in [0.1, 0.15) is 5.60 Å². The third-order valence-electron chi connectivity index (χ3n) is 4.21. The van der Waals surface area contributed by atoms with Crippen molar-refractivity contribution in [2.75, 3.05) is 13.1 Å². The molecule has 0 radical (unpaired) electrons. The molecule has 0 aliphatic rings. The minimum absolute atomic E-state index is 0.181. The Hall–Kier alpha value is -2.19. The van der Waals surface area contributed by atoms with Crippen LogP contribution in [0.1, 0.15) is 47.5 Å². The molecule has 0 spiro atoms. The predicted octanol–water partition coefficient (Wildman–Crippen LogP) is 3.94. The highest BCUT2D eigenvalue weighted by molar-refractivity contribution is 7.89. The molecule has 0 saturated heterocycles. The quantitative estimate of drug-likeness (QED) is 0.697. The third kappa shape index (κ3) is 6.97. The van der Waals surface area contributed by atoms with Crippen LogP contribution in [0, 0.1) is 0 Å². The Balaban J connectivity index is 2.11. The molecule has 0 unspecified atom stereocenters. The van der Waals surface area contributed by atoms with Crippen molar-refractivity contribution in [2.24, 2.45) is 0 Å². The number of ether oxygens (including phenoxy) is 1. The Morgan fingerprint density at radius 2 is 1.97 bits per heavy atom. The minimum Gasteiger partial charge on any atom is -0.444 e. The zero-order valence-corrected chi connectivity index (χ0v) is 18.6. The van der Waals surface area contributed by atoms with Crippen molar-refractivity contribution in [3.05, 3.63) is 36.7 Å². The van der Waals surface area contributed by atoms with Gasteiger partial charge < -0.3 is 9.64 Å². The zero-order valence-electron chi connectivity index (χ0n) is 17.8. The molecule has 0 fully saturated rings. The summed E-state index contributed by atoms with van der Waals surface area (Å²) in [5, 5.41) is 1.67. The van der Waals surface area contributed by atoms with Gasteiger partial charge in [0.25, 0.3) is 0 Å². The fourth-order valence-electron chi connectivity index (χ4n) is 2.86. The van der Waals surface area contributed by atoms with Crippen molar-refractivity contribution in [2.45, 2.75) is 64.0 Å². The molecule has 1 atom stereocenters. The number of nitrogens with one attached hydrogen (secondary N) is 1. The lowest BCUT2D eigenvalue weighted by molar-refractivity contribution is 0.0236. The number of benzene rings is 1. The summed E-state index contributed by atoms with van der Waals surface area (Å²) in [6, 6.07) is 6.21. The van der Waals surface area contributed by atoms with E-state index in [0.717, 1.165) is 23.6 Å². The number of nitrogens with zero attached hydrogens (tertiary/aromatic N) is 2. The second-order valence-electron chi connectivity index (χ2n) is 8.19. The molecule has 0 bridgehead atoms. The second-order valence-corrected chi connectivity index (χ2v) is 9.90. The fourth-order valence-corrected chi connectivity index (χ4v) is 4.13. The van der Waals surface area contributed by atoms with Gasteiger partial charge in [-0.1, -0.05) is 19.4 Å². The summed E-state index contributed by atoms with van der Waals surface area (Å²) in [4.78, 5) is 18.3. The van der Waals surface area contributed by atoms with Crippen LogP contribution >= 0.6 is 0 Å². The number of unbranched alkanes of at least 4 members (excludes halogenated alkanes) is 1. The van der Waals surface area contributed by atoms with Gasteiger partial charge in [-0.3, -0.25) is 4.98 Å². The maximum absolute atomic E-state index is 12.8. The summed E-state index contributed by atoms with van der Waals surface area (Å²) < 4.78 is 33.8. The van der Waals surface area contributed by atoms with Crippen LogP contribution in [-0.4, -0.2) is 49.1 Å². The standard InChI is InChI=1S/C21H31N3O4S/c1-6-7-12-24(20(25)28-21(3,4)5)15-16(2)23-29(26,27)19-9-8-18-14-22-11-10-17(18)13-19/h8-11,13-14,16,23H,6-7,12,15H2,1-5H3/t16-/m1/s1. The molecule has 1 aromatic carbocycles. The van der Waals surface area contributed by atoms with Gasteiger partial charge in [0, 0.05) is 36.9 Å². The maximum Gasteiger partial charge on any atom is 0.410 e. The van der Waals surface area contributed by atoms with E-state index in [1.807, 2.05) is 27.7 Å². The predicted molar refractivity (Wildman–Crippen MR) is 114 cm³/mol. The van der Waals surface area contributed by atoms with Crippen molar-refractivity contribution >= 4 is 26.9 Å². The van der Waals surface area contributed by atoms with E-state index in [1.165, 1.54) is 0 Å². The van der Waals surface area contributed by atoms with Crippen LogP contribution in [0.3, 0.4) is 0 Å². The number of fused-ring (bicyclic) bond motifs is 1. The molecule has 2 rings (SSSR count). The van der Waals surface area contributed by atoms with Crippen LogP contribution in [0.4, 0.5) is 4.79 Å². The van der Waals surface area contributed by atoms with Crippen LogP contribution in [0.5, 0.6) is 0 Å². The summed E-state index contributed by atoms with van der Waals surface area (Å²) in [5.74, 6) is 0. The van der Waals surface area contributed by atoms with Crippen LogP contribution in [0.15, 0.2) is 41.6 Å². The number of rotatable bonds is 8. The van der Waals surface area contributed by atoms with E-state index in [-0.39, 0.29) is 11.4 Å². The molecule has 1 amide bonds. The Kier molecular flexibility index (Phi) is 7.60. The van der Waals surface area contributed by atoms with Gasteiger partial charge in [-0.15, -0.1) is 0 Å². The molecule has 1 heterocycles. The van der Waals surface area contributed by atoms with Gasteiger partial charge >= 0.3 is 6.09 Å². The number of aromatic nitrogens is 1. The number of hydrogen-bond donors (Lipinski definition) is 1. The highest BCUT2D eigenvalue weighted by atomic mass is 32.2. The van der Waals surface area contributed by atoms with Crippen molar-refractivity contribution in [3.8, 4) is 0 Å². The monoisotopic (exact) mass is 421 g/mol. The number of pyridine rings is 1. The van der Waals surface area contributed by atoms with Crippen molar-refractivity contribution < 1.29 is 17.9 Å². The molecule has 0 aliphatic heterocycles. The molecule has 160 valence electrons. The average Bonchev–Trinajstić information content (AvgIpc) is 2.62. The van der Waals surface area contributed by atoms with Gasteiger partial charge in [0.15, 0.2) is 0 Å². The van der Waals surface area contributed by atoms with Gasteiger partial charge in [-0.2, -0.15) is 0 Å². The Morgan fingerprint density at radius 3 is 2.62 bits per heavy atom. The largest absolute Gasteiger partial charge is 0.444 e. The summed E-state index contributed by atoms with van der Waals surface area (Å²) >= 11 is 0. The molecule has 29 heavy (non-hydrogen) atoms. The number of sulfonamides is 1. The first-order valence-electron chi connectivity index (χ1n) is 9.86. The SMILES string of the molecule is CCCCN(C[C@@H](C)NS(=O)(=O)c1ccc2cnccc2c1)C(=O)OC(C)(C)C. The second kappa shape index (κ2) is 9.54. The highest BCUT2D eigenvalue weighted by Crippen LogP contribution is 2.18. The Labute approximate surface area is 173 Å². The summed E-state index contributed by atoms with van der Waals surface area (Å²) in [6.07, 6.45) is 4.62. The molecular formula is C21H31N3O4S. The molecule has 1 N–H and O–H groups in total. The molecule has 0 saturated carbocycles. The molecule has 0 aliphatic carbocycles. The Morgan fingerprint density at radius 1 is 1.24 bits per heavy atom. The number of carbonyl (C=O) groups is 1. The number of carbonyl (C=O) groups excluding carboxylic acids is 1. The lowest BCUT2D eigenvalue weighted by Crippen LogP contribution is -2.46. The van der Waals surface area contributed by atoms with E-state index in [0.29, 0.717) is 6.54 Å². The van der Waals surface area contributed by atoms with Crippen molar-refractivity contribution in [3.63, 3.8) is 0 Å². The molecule has 7 nitrogen and oxygen atoms in total. The smallest absolute Gasteiger partial charge is 0.410 e. The van der Waals surface area contributed by atoms with E-state index in [4.69, 9.17) is 4.74 Å². The van der Waals surface area contributed by atoms with Crippen molar-refractivity contribution in [1.82, 2.24) is 14.6 Å². The van der Waals surface area contributed by atoms with E-state index in [2.05, 4.69) is 9.71 Å². The number of hydrogen-bond acceptors (Lipinski definition) is 5. The van der Waals surface area contributed by atoms with Crippen LogP contribution in [0.25, 0.3) is 10.8 Å². The first kappa shape index (κ1) is 23.1. The normalized spacial score (nSPS) is 13.3. The topological polar surface area (TPSA) is 88.6 Å². The first-order chi connectivity index (χ1) is 13.5. The lowest BCUT2D eigenvalue weighted by atomic mass is 10.2. The lowest BCUT2D eigenvalue weighted by Gasteiger charge is -2.29. The van der Waals surface area contributed by atoms with E-state index >= 15 is 0 Å². The first-order valence-corrected chi connectivity index (χ1v) is 11.3. The van der Waals surface area contributed by atoms with Crippen LogP contribution in [0.2, 0.25) is 0 Å². The summed E-state index contributed by atoms with van der Waals surface area (Å²) in [5.41, 5.74) is -0.607.